The maximum Gasteiger partial charge on any atom is 0.247 e. The van der Waals surface area contributed by atoms with Crippen LogP contribution in [0.25, 0.3) is 16.9 Å². The molecule has 9 heteroatoms. The van der Waals surface area contributed by atoms with Crippen molar-refractivity contribution in [3.8, 4) is 28.5 Å². The van der Waals surface area contributed by atoms with Crippen LogP contribution in [0.1, 0.15) is 6.42 Å². The molecule has 3 N–H and O–H groups in total. The van der Waals surface area contributed by atoms with Gasteiger partial charge in [-0.25, -0.2) is 4.52 Å². The molecule has 0 unspecified atom stereocenters. The SMILES string of the molecule is COc1cc(Nc2nc3c(-c4cccc(OCCCN)c4)nccn3n2)cc(OC)c1. The average Bonchev–Trinajstić information content (AvgIpc) is 3.21. The zero-order chi connectivity index (χ0) is 21.6. The molecule has 4 rings (SSSR count). The smallest absolute Gasteiger partial charge is 0.247 e. The minimum absolute atomic E-state index is 0.430. The van der Waals surface area contributed by atoms with E-state index in [2.05, 4.69) is 20.4 Å². The van der Waals surface area contributed by atoms with Crippen LogP contribution in [0.3, 0.4) is 0 Å². The predicted molar refractivity (Wildman–Crippen MR) is 118 cm³/mol. The summed E-state index contributed by atoms with van der Waals surface area (Å²) in [4.78, 5) is 9.16. The number of aromatic nitrogens is 4. The van der Waals surface area contributed by atoms with E-state index in [9.17, 15) is 0 Å². The van der Waals surface area contributed by atoms with Gasteiger partial charge in [0.15, 0.2) is 5.65 Å². The van der Waals surface area contributed by atoms with E-state index < -0.39 is 0 Å². The van der Waals surface area contributed by atoms with Crippen molar-refractivity contribution in [3.63, 3.8) is 0 Å². The summed E-state index contributed by atoms with van der Waals surface area (Å²) in [6.45, 7) is 1.16. The molecule has 9 nitrogen and oxygen atoms in total. The summed E-state index contributed by atoms with van der Waals surface area (Å²) in [6, 6.07) is 13.2. The zero-order valence-corrected chi connectivity index (χ0v) is 17.4. The fourth-order valence-electron chi connectivity index (χ4n) is 3.09. The van der Waals surface area contributed by atoms with Crippen LogP contribution in [-0.4, -0.2) is 47.0 Å². The lowest BCUT2D eigenvalue weighted by atomic mass is 10.1. The van der Waals surface area contributed by atoms with E-state index in [4.69, 9.17) is 19.9 Å². The maximum absolute atomic E-state index is 5.76. The summed E-state index contributed by atoms with van der Waals surface area (Å²) in [5.41, 5.74) is 8.50. The normalized spacial score (nSPS) is 10.8. The van der Waals surface area contributed by atoms with Crippen LogP contribution in [0.4, 0.5) is 11.6 Å². The number of benzene rings is 2. The highest BCUT2D eigenvalue weighted by Crippen LogP contribution is 2.29. The van der Waals surface area contributed by atoms with Gasteiger partial charge in [0, 0.05) is 41.8 Å². The molecular formula is C22H24N6O3. The van der Waals surface area contributed by atoms with E-state index in [-0.39, 0.29) is 0 Å². The number of hydrogen-bond donors (Lipinski definition) is 2. The molecule has 0 atom stereocenters. The van der Waals surface area contributed by atoms with E-state index in [0.717, 1.165) is 23.4 Å². The first-order chi connectivity index (χ1) is 15.2. The largest absolute Gasteiger partial charge is 0.497 e. The molecular weight excluding hydrogens is 396 g/mol. The number of methoxy groups -OCH3 is 2. The van der Waals surface area contributed by atoms with Crippen molar-refractivity contribution in [2.24, 2.45) is 5.73 Å². The first kappa shape index (κ1) is 20.4. The van der Waals surface area contributed by atoms with Crippen molar-refractivity contribution in [1.29, 1.82) is 0 Å². The summed E-state index contributed by atoms with van der Waals surface area (Å²) in [6.07, 6.45) is 4.24. The molecule has 160 valence electrons. The second-order valence-corrected chi connectivity index (χ2v) is 6.72. The first-order valence-corrected chi connectivity index (χ1v) is 9.85. The van der Waals surface area contributed by atoms with E-state index in [1.54, 1.807) is 37.2 Å². The second-order valence-electron chi connectivity index (χ2n) is 6.72. The Hall–Kier alpha value is -3.85. The third kappa shape index (κ3) is 4.67. The van der Waals surface area contributed by atoms with Gasteiger partial charge in [0.05, 0.1) is 20.8 Å². The van der Waals surface area contributed by atoms with Gasteiger partial charge in [0.2, 0.25) is 5.95 Å². The minimum atomic E-state index is 0.430. The number of fused-ring (bicyclic) bond motifs is 1. The van der Waals surface area contributed by atoms with Crippen LogP contribution in [-0.2, 0) is 0 Å². The molecule has 2 heterocycles. The number of rotatable bonds is 9. The lowest BCUT2D eigenvalue weighted by Crippen LogP contribution is -2.06. The van der Waals surface area contributed by atoms with E-state index in [1.165, 1.54) is 0 Å². The summed E-state index contributed by atoms with van der Waals surface area (Å²) in [5, 5.41) is 7.72. The van der Waals surface area contributed by atoms with Crippen LogP contribution in [0.2, 0.25) is 0 Å². The molecule has 2 aromatic heterocycles. The zero-order valence-electron chi connectivity index (χ0n) is 17.4. The highest BCUT2D eigenvalue weighted by atomic mass is 16.5. The Kier molecular flexibility index (Phi) is 6.13. The number of nitrogens with zero attached hydrogens (tertiary/aromatic N) is 4. The molecule has 0 aliphatic heterocycles. The average molecular weight is 420 g/mol. The highest BCUT2D eigenvalue weighted by molar-refractivity contribution is 5.75. The van der Waals surface area contributed by atoms with Crippen molar-refractivity contribution in [2.45, 2.75) is 6.42 Å². The summed E-state index contributed by atoms with van der Waals surface area (Å²) < 4.78 is 18.1. The molecule has 0 bridgehead atoms. The lowest BCUT2D eigenvalue weighted by Gasteiger charge is -2.08. The van der Waals surface area contributed by atoms with Gasteiger partial charge in [-0.15, -0.1) is 5.10 Å². The van der Waals surface area contributed by atoms with E-state index >= 15 is 0 Å². The molecule has 2 aromatic carbocycles. The number of hydrogen-bond acceptors (Lipinski definition) is 8. The van der Waals surface area contributed by atoms with Crippen molar-refractivity contribution < 1.29 is 14.2 Å². The van der Waals surface area contributed by atoms with Crippen molar-refractivity contribution in [2.75, 3.05) is 32.7 Å². The quantitative estimate of drug-likeness (QED) is 0.397. The Bertz CT molecular complexity index is 1150. The molecule has 0 radical (unpaired) electrons. The molecule has 4 aromatic rings. The fourth-order valence-corrected chi connectivity index (χ4v) is 3.09. The molecule has 0 fully saturated rings. The Balaban J connectivity index is 1.64. The Morgan fingerprint density at radius 2 is 1.84 bits per heavy atom. The van der Waals surface area contributed by atoms with Crippen LogP contribution in [0.5, 0.6) is 17.2 Å². The summed E-state index contributed by atoms with van der Waals surface area (Å²) in [7, 11) is 3.21. The standard InChI is InChI=1S/C22H24N6O3/c1-29-18-12-16(13-19(14-18)30-2)25-22-26-21-20(24-8-9-28(21)27-22)15-5-3-6-17(11-15)31-10-4-7-23/h3,5-6,8-9,11-14H,4,7,10,23H2,1-2H3,(H,25,27). The van der Waals surface area contributed by atoms with Gasteiger partial charge in [-0.05, 0) is 25.1 Å². The van der Waals surface area contributed by atoms with Crippen LogP contribution < -0.4 is 25.3 Å². The number of ether oxygens (including phenoxy) is 3. The Morgan fingerprint density at radius 3 is 2.58 bits per heavy atom. The second kappa shape index (κ2) is 9.31. The van der Waals surface area contributed by atoms with Gasteiger partial charge < -0.3 is 25.3 Å². The molecule has 0 aliphatic carbocycles. The number of nitrogens with one attached hydrogen (secondary N) is 1. The first-order valence-electron chi connectivity index (χ1n) is 9.85. The van der Waals surface area contributed by atoms with Crippen LogP contribution in [0.15, 0.2) is 54.9 Å². The third-order valence-electron chi connectivity index (χ3n) is 4.59. The summed E-state index contributed by atoms with van der Waals surface area (Å²) in [5.74, 6) is 2.52. The molecule has 0 amide bonds. The summed E-state index contributed by atoms with van der Waals surface area (Å²) >= 11 is 0. The molecule has 0 aliphatic rings. The molecule has 0 spiro atoms. The molecule has 0 saturated carbocycles. The molecule has 31 heavy (non-hydrogen) atoms. The maximum atomic E-state index is 5.76. The predicted octanol–water partition coefficient (Wildman–Crippen LogP) is 3.28. The number of nitrogens with two attached hydrogens (primary N) is 1. The van der Waals surface area contributed by atoms with Gasteiger partial charge in [-0.2, -0.15) is 4.98 Å². The topological polar surface area (TPSA) is 109 Å². The minimum Gasteiger partial charge on any atom is -0.497 e. The Labute approximate surface area is 179 Å². The lowest BCUT2D eigenvalue weighted by molar-refractivity contribution is 0.313. The van der Waals surface area contributed by atoms with Crippen molar-refractivity contribution in [3.05, 3.63) is 54.9 Å². The molecule has 0 saturated heterocycles. The third-order valence-corrected chi connectivity index (χ3v) is 4.59. The van der Waals surface area contributed by atoms with Gasteiger partial charge in [0.25, 0.3) is 0 Å². The fraction of sp³-hybridized carbons (Fsp3) is 0.227. The van der Waals surface area contributed by atoms with Gasteiger partial charge in [-0.1, -0.05) is 12.1 Å². The Morgan fingerprint density at radius 1 is 1.03 bits per heavy atom. The van der Waals surface area contributed by atoms with Crippen LogP contribution >= 0.6 is 0 Å². The highest BCUT2D eigenvalue weighted by Gasteiger charge is 2.13. The van der Waals surface area contributed by atoms with Crippen molar-refractivity contribution in [1.82, 2.24) is 19.6 Å². The van der Waals surface area contributed by atoms with E-state index in [0.29, 0.717) is 41.9 Å². The van der Waals surface area contributed by atoms with E-state index in [1.807, 2.05) is 36.4 Å². The van der Waals surface area contributed by atoms with Crippen LogP contribution in [0, 0.1) is 0 Å². The van der Waals surface area contributed by atoms with Gasteiger partial charge in [-0.3, -0.25) is 4.98 Å². The monoisotopic (exact) mass is 420 g/mol. The van der Waals surface area contributed by atoms with Crippen molar-refractivity contribution >= 4 is 17.3 Å². The number of anilines is 2. The van der Waals surface area contributed by atoms with Gasteiger partial charge >= 0.3 is 0 Å². The van der Waals surface area contributed by atoms with Gasteiger partial charge in [0.1, 0.15) is 22.9 Å².